The van der Waals surface area contributed by atoms with Crippen molar-refractivity contribution >= 4 is 34.5 Å². The van der Waals surface area contributed by atoms with Gasteiger partial charge in [-0.3, -0.25) is 0 Å². The number of hydrogen-bond donors (Lipinski definition) is 1. The lowest BCUT2D eigenvalue weighted by molar-refractivity contribution is 0.0599. The molecule has 0 atom stereocenters. The van der Waals surface area contributed by atoms with E-state index in [9.17, 15) is 27.2 Å². The molecule has 0 fully saturated rings. The van der Waals surface area contributed by atoms with E-state index in [1.165, 1.54) is 76.8 Å². The molecular weight excluding hydrogens is 659 g/mol. The van der Waals surface area contributed by atoms with E-state index >= 15 is 0 Å². The molecule has 0 aliphatic carbocycles. The lowest BCUT2D eigenvalue weighted by atomic mass is 9.98. The molecule has 11 heteroatoms. The lowest BCUT2D eigenvalue weighted by Crippen LogP contribution is -2.03. The Kier molecular flexibility index (Phi) is 10.3. The standard InChI is InChI=1S/C15H11F2IO3.C15H12F2O3/c1-20-14-7-12(17)10(6-13(14)18)9-4-3-8(5-11(9)16)15(19)21-2;1-8-10(15(18)19)5-6-12(14(8)17)11-4-3-9(20-2)7-13(11)16/h3-7H,1-2H3;3-7H,1-2H3,(H,18,19). The van der Waals surface area contributed by atoms with E-state index < -0.39 is 35.2 Å². The van der Waals surface area contributed by atoms with Crippen LogP contribution in [0.15, 0.2) is 60.7 Å². The van der Waals surface area contributed by atoms with Gasteiger partial charge in [0.1, 0.15) is 34.8 Å². The molecule has 0 heterocycles. The predicted octanol–water partition coefficient (Wildman–Crippen LogP) is 7.68. The second-order valence-electron chi connectivity index (χ2n) is 8.40. The molecule has 214 valence electrons. The molecule has 0 saturated carbocycles. The van der Waals surface area contributed by atoms with Crippen LogP contribution in [-0.4, -0.2) is 38.4 Å². The van der Waals surface area contributed by atoms with Crippen LogP contribution < -0.4 is 9.47 Å². The zero-order valence-corrected chi connectivity index (χ0v) is 24.3. The molecule has 4 rings (SSSR count). The number of carboxylic acid groups (broad SMARTS) is 1. The number of carbonyl (C=O) groups is 2. The van der Waals surface area contributed by atoms with Crippen molar-refractivity contribution < 1.29 is 46.5 Å². The summed E-state index contributed by atoms with van der Waals surface area (Å²) in [6.45, 7) is 1.35. The fourth-order valence-corrected chi connectivity index (χ4v) is 4.52. The Morgan fingerprint density at radius 2 is 1.32 bits per heavy atom. The van der Waals surface area contributed by atoms with Crippen molar-refractivity contribution in [1.82, 2.24) is 0 Å². The van der Waals surface area contributed by atoms with Gasteiger partial charge in [0, 0.05) is 34.4 Å². The number of aromatic carboxylic acids is 1. The summed E-state index contributed by atoms with van der Waals surface area (Å²) in [5, 5.41) is 8.92. The summed E-state index contributed by atoms with van der Waals surface area (Å²) < 4.78 is 71.4. The van der Waals surface area contributed by atoms with Crippen molar-refractivity contribution in [3.63, 3.8) is 0 Å². The van der Waals surface area contributed by atoms with E-state index in [-0.39, 0.29) is 38.9 Å². The van der Waals surface area contributed by atoms with Crippen molar-refractivity contribution in [2.24, 2.45) is 0 Å². The molecule has 41 heavy (non-hydrogen) atoms. The summed E-state index contributed by atoms with van der Waals surface area (Å²) in [5.41, 5.74) is 0.165. The van der Waals surface area contributed by atoms with Gasteiger partial charge in [-0.2, -0.15) is 0 Å². The van der Waals surface area contributed by atoms with Crippen molar-refractivity contribution in [2.45, 2.75) is 6.92 Å². The Labute approximate surface area is 246 Å². The molecule has 0 aliphatic heterocycles. The third-order valence-electron chi connectivity index (χ3n) is 6.01. The number of carboxylic acids is 1. The van der Waals surface area contributed by atoms with Gasteiger partial charge in [0.15, 0.2) is 0 Å². The number of benzene rings is 4. The van der Waals surface area contributed by atoms with Gasteiger partial charge < -0.3 is 19.3 Å². The molecular formula is C30H23F4IO6. The molecule has 0 unspecified atom stereocenters. The van der Waals surface area contributed by atoms with Gasteiger partial charge in [0.25, 0.3) is 0 Å². The molecule has 4 aromatic rings. The molecule has 0 aromatic heterocycles. The molecule has 0 amide bonds. The first-order valence-corrected chi connectivity index (χ1v) is 12.8. The zero-order valence-electron chi connectivity index (χ0n) is 22.2. The van der Waals surface area contributed by atoms with Crippen molar-refractivity contribution in [3.8, 4) is 33.8 Å². The van der Waals surface area contributed by atoms with E-state index in [1.807, 2.05) is 22.6 Å². The summed E-state index contributed by atoms with van der Waals surface area (Å²) in [6, 6.07) is 13.0. The van der Waals surface area contributed by atoms with Crippen LogP contribution in [0.25, 0.3) is 22.3 Å². The number of ether oxygens (including phenoxy) is 3. The molecule has 6 nitrogen and oxygen atoms in total. The number of methoxy groups -OCH3 is 3. The van der Waals surface area contributed by atoms with Crippen LogP contribution in [0.3, 0.4) is 0 Å². The van der Waals surface area contributed by atoms with Gasteiger partial charge in [-0.05, 0) is 71.5 Å². The van der Waals surface area contributed by atoms with Crippen molar-refractivity contribution in [2.75, 3.05) is 21.3 Å². The van der Waals surface area contributed by atoms with Crippen LogP contribution in [0.1, 0.15) is 26.3 Å². The summed E-state index contributed by atoms with van der Waals surface area (Å²) >= 11 is 1.98. The first kappa shape index (κ1) is 31.4. The Morgan fingerprint density at radius 3 is 1.88 bits per heavy atom. The Bertz CT molecular complexity index is 1620. The topological polar surface area (TPSA) is 82.1 Å². The highest BCUT2D eigenvalue weighted by molar-refractivity contribution is 14.1. The van der Waals surface area contributed by atoms with Crippen LogP contribution in [0.4, 0.5) is 17.6 Å². The van der Waals surface area contributed by atoms with Gasteiger partial charge in [-0.25, -0.2) is 27.2 Å². The minimum absolute atomic E-state index is 0.0210. The van der Waals surface area contributed by atoms with Gasteiger partial charge in [-0.1, -0.05) is 12.1 Å². The highest BCUT2D eigenvalue weighted by atomic mass is 127. The Morgan fingerprint density at radius 1 is 0.732 bits per heavy atom. The van der Waals surface area contributed by atoms with Crippen LogP contribution in [-0.2, 0) is 4.74 Å². The van der Waals surface area contributed by atoms with Gasteiger partial charge in [0.05, 0.1) is 36.0 Å². The largest absolute Gasteiger partial charge is 0.497 e. The molecule has 0 aliphatic rings. The molecule has 0 bridgehead atoms. The van der Waals surface area contributed by atoms with Crippen LogP contribution >= 0.6 is 22.6 Å². The van der Waals surface area contributed by atoms with E-state index in [1.54, 1.807) is 0 Å². The number of esters is 1. The molecule has 0 spiro atoms. The summed E-state index contributed by atoms with van der Waals surface area (Å²) in [7, 11) is 4.04. The Balaban J connectivity index is 0.000000226. The monoisotopic (exact) mass is 682 g/mol. The minimum Gasteiger partial charge on any atom is -0.497 e. The maximum absolute atomic E-state index is 14.2. The highest BCUT2D eigenvalue weighted by Crippen LogP contribution is 2.33. The summed E-state index contributed by atoms with van der Waals surface area (Å²) in [5.74, 6) is -3.84. The van der Waals surface area contributed by atoms with E-state index in [0.29, 0.717) is 15.1 Å². The summed E-state index contributed by atoms with van der Waals surface area (Å²) in [6.07, 6.45) is 0. The second kappa shape index (κ2) is 13.5. The van der Waals surface area contributed by atoms with Gasteiger partial charge in [-0.15, -0.1) is 0 Å². The fourth-order valence-electron chi connectivity index (χ4n) is 3.84. The lowest BCUT2D eigenvalue weighted by Gasteiger charge is -2.10. The number of halogens is 5. The molecule has 0 saturated heterocycles. The fraction of sp³-hybridized carbons (Fsp3) is 0.133. The molecule has 1 N–H and O–H groups in total. The smallest absolute Gasteiger partial charge is 0.337 e. The van der Waals surface area contributed by atoms with Crippen LogP contribution in [0.5, 0.6) is 11.5 Å². The van der Waals surface area contributed by atoms with E-state index in [2.05, 4.69) is 4.74 Å². The Hall–Kier alpha value is -4.13. The first-order valence-electron chi connectivity index (χ1n) is 11.7. The van der Waals surface area contributed by atoms with E-state index in [4.69, 9.17) is 14.6 Å². The van der Waals surface area contributed by atoms with Gasteiger partial charge >= 0.3 is 11.9 Å². The van der Waals surface area contributed by atoms with Gasteiger partial charge in [0.2, 0.25) is 0 Å². The number of carbonyl (C=O) groups excluding carboxylic acids is 1. The normalized spacial score (nSPS) is 10.4. The average molecular weight is 682 g/mol. The number of hydrogen-bond acceptors (Lipinski definition) is 5. The summed E-state index contributed by atoms with van der Waals surface area (Å²) in [4.78, 5) is 22.3. The second-order valence-corrected chi connectivity index (χ2v) is 9.57. The maximum Gasteiger partial charge on any atom is 0.337 e. The highest BCUT2D eigenvalue weighted by Gasteiger charge is 2.18. The number of rotatable bonds is 6. The zero-order chi connectivity index (χ0) is 30.4. The molecule has 0 radical (unpaired) electrons. The predicted molar refractivity (Wildman–Crippen MR) is 152 cm³/mol. The third-order valence-corrected chi connectivity index (χ3v) is 6.85. The van der Waals surface area contributed by atoms with Crippen molar-refractivity contribution in [3.05, 3.63) is 104 Å². The third kappa shape index (κ3) is 6.96. The van der Waals surface area contributed by atoms with Crippen molar-refractivity contribution in [1.29, 1.82) is 0 Å². The van der Waals surface area contributed by atoms with E-state index in [0.717, 1.165) is 12.1 Å². The SMILES string of the molecule is COC(=O)c1ccc(-c2cc(I)c(OC)cc2F)c(F)c1.COc1ccc(-c2ccc(C(=O)O)c(C)c2F)c(F)c1. The quantitative estimate of drug-likeness (QED) is 0.128. The van der Waals surface area contributed by atoms with Crippen LogP contribution in [0.2, 0.25) is 0 Å². The average Bonchev–Trinajstić information content (AvgIpc) is 2.95. The maximum atomic E-state index is 14.2. The first-order chi connectivity index (χ1) is 19.4. The minimum atomic E-state index is -1.22. The van der Waals surface area contributed by atoms with Crippen LogP contribution in [0, 0.1) is 33.8 Å². The molecule has 4 aromatic carbocycles.